The van der Waals surface area contributed by atoms with Crippen molar-refractivity contribution >= 4 is 0 Å². The number of rotatable bonds is 4. The predicted molar refractivity (Wildman–Crippen MR) is 53.4 cm³/mol. The number of hydrogen-bond donors (Lipinski definition) is 2. The molecule has 0 aromatic rings. The van der Waals surface area contributed by atoms with Gasteiger partial charge in [0.25, 0.3) is 0 Å². The molecule has 2 N–H and O–H groups in total. The fourth-order valence-corrected chi connectivity index (χ4v) is 2.47. The van der Waals surface area contributed by atoms with Crippen molar-refractivity contribution in [3.63, 3.8) is 0 Å². The minimum atomic E-state index is 0.557. The summed E-state index contributed by atoms with van der Waals surface area (Å²) in [6.07, 6.45) is 7.07. The van der Waals surface area contributed by atoms with Gasteiger partial charge in [-0.15, -0.1) is 0 Å². The fraction of sp³-hybridized carbons (Fsp3) is 1.00. The average Bonchev–Trinajstić information content (AvgIpc) is 2.07. The molecular formula is C10H22N2. The summed E-state index contributed by atoms with van der Waals surface area (Å²) in [6.45, 7) is 2.35. The molecule has 2 heteroatoms. The van der Waals surface area contributed by atoms with Crippen molar-refractivity contribution in [3.05, 3.63) is 0 Å². The Morgan fingerprint density at radius 1 is 0.917 bits per heavy atom. The van der Waals surface area contributed by atoms with Crippen molar-refractivity contribution in [2.24, 2.45) is 5.41 Å². The molecule has 1 aliphatic rings. The van der Waals surface area contributed by atoms with Gasteiger partial charge in [0, 0.05) is 13.1 Å². The Morgan fingerprint density at radius 2 is 1.42 bits per heavy atom. The van der Waals surface area contributed by atoms with Crippen LogP contribution in [0.15, 0.2) is 0 Å². The lowest BCUT2D eigenvalue weighted by Crippen LogP contribution is -2.41. The summed E-state index contributed by atoms with van der Waals surface area (Å²) in [5.41, 5.74) is 0.557. The summed E-state index contributed by atoms with van der Waals surface area (Å²) in [6, 6.07) is 0. The fourth-order valence-electron chi connectivity index (χ4n) is 2.47. The van der Waals surface area contributed by atoms with Crippen molar-refractivity contribution in [3.8, 4) is 0 Å². The zero-order chi connectivity index (χ0) is 8.86. The van der Waals surface area contributed by atoms with Crippen LogP contribution in [0, 0.1) is 5.41 Å². The van der Waals surface area contributed by atoms with Gasteiger partial charge in [0.1, 0.15) is 0 Å². The Hall–Kier alpha value is -0.0800. The highest BCUT2D eigenvalue weighted by atomic mass is 14.9. The Bertz CT molecular complexity index is 101. The molecule has 0 amide bonds. The molecule has 0 atom stereocenters. The van der Waals surface area contributed by atoms with Gasteiger partial charge in [-0.2, -0.15) is 0 Å². The second kappa shape index (κ2) is 4.83. The molecule has 72 valence electrons. The summed E-state index contributed by atoms with van der Waals surface area (Å²) < 4.78 is 0. The zero-order valence-electron chi connectivity index (χ0n) is 8.45. The maximum atomic E-state index is 3.32. The maximum Gasteiger partial charge on any atom is 0.00170 e. The van der Waals surface area contributed by atoms with E-state index in [4.69, 9.17) is 0 Å². The van der Waals surface area contributed by atoms with Gasteiger partial charge in [0.2, 0.25) is 0 Å². The normalized spacial score (nSPS) is 22.5. The monoisotopic (exact) mass is 170 g/mol. The van der Waals surface area contributed by atoms with Gasteiger partial charge in [-0.25, -0.2) is 0 Å². The van der Waals surface area contributed by atoms with Crippen LogP contribution in [0.4, 0.5) is 0 Å². The SMILES string of the molecule is CNCC1(CNC)CCCCC1. The highest BCUT2D eigenvalue weighted by Crippen LogP contribution is 2.34. The third kappa shape index (κ3) is 2.46. The largest absolute Gasteiger partial charge is 0.319 e. The lowest BCUT2D eigenvalue weighted by molar-refractivity contribution is 0.184. The van der Waals surface area contributed by atoms with Gasteiger partial charge in [-0.1, -0.05) is 19.3 Å². The summed E-state index contributed by atoms with van der Waals surface area (Å²) in [4.78, 5) is 0. The van der Waals surface area contributed by atoms with Crippen LogP contribution < -0.4 is 10.6 Å². The van der Waals surface area contributed by atoms with Crippen LogP contribution in [0.5, 0.6) is 0 Å². The smallest absolute Gasteiger partial charge is 0.00170 e. The molecule has 0 spiro atoms. The second-order valence-electron chi connectivity index (χ2n) is 4.12. The number of nitrogens with one attached hydrogen (secondary N) is 2. The molecule has 0 bridgehead atoms. The average molecular weight is 170 g/mol. The van der Waals surface area contributed by atoms with Gasteiger partial charge < -0.3 is 10.6 Å². The first-order valence-corrected chi connectivity index (χ1v) is 5.12. The third-order valence-electron chi connectivity index (χ3n) is 3.02. The van der Waals surface area contributed by atoms with E-state index in [1.165, 1.54) is 45.2 Å². The Labute approximate surface area is 76.1 Å². The summed E-state index contributed by atoms with van der Waals surface area (Å²) in [7, 11) is 4.12. The molecule has 0 unspecified atom stereocenters. The van der Waals surface area contributed by atoms with E-state index in [1.54, 1.807) is 0 Å². The topological polar surface area (TPSA) is 24.1 Å². The first-order valence-electron chi connectivity index (χ1n) is 5.12. The first kappa shape index (κ1) is 10.0. The van der Waals surface area contributed by atoms with Gasteiger partial charge in [-0.05, 0) is 32.4 Å². The summed E-state index contributed by atoms with van der Waals surface area (Å²) in [5.74, 6) is 0. The van der Waals surface area contributed by atoms with Crippen LogP contribution in [0.2, 0.25) is 0 Å². The van der Waals surface area contributed by atoms with Gasteiger partial charge >= 0.3 is 0 Å². The summed E-state index contributed by atoms with van der Waals surface area (Å²) in [5, 5.41) is 6.65. The standard InChI is InChI=1S/C10H22N2/c1-11-8-10(9-12-2)6-4-3-5-7-10/h11-12H,3-9H2,1-2H3. The third-order valence-corrected chi connectivity index (χ3v) is 3.02. The molecule has 1 fully saturated rings. The van der Waals surface area contributed by atoms with E-state index < -0.39 is 0 Å². The van der Waals surface area contributed by atoms with Crippen LogP contribution in [0.25, 0.3) is 0 Å². The number of hydrogen-bond acceptors (Lipinski definition) is 2. The minimum absolute atomic E-state index is 0.557. The van der Waals surface area contributed by atoms with Gasteiger partial charge in [0.05, 0.1) is 0 Å². The molecule has 1 rings (SSSR count). The van der Waals surface area contributed by atoms with E-state index >= 15 is 0 Å². The van der Waals surface area contributed by atoms with Crippen LogP contribution in [-0.2, 0) is 0 Å². The molecular weight excluding hydrogens is 148 g/mol. The highest BCUT2D eigenvalue weighted by Gasteiger charge is 2.30. The van der Waals surface area contributed by atoms with Crippen molar-refractivity contribution in [2.75, 3.05) is 27.2 Å². The Balaban J connectivity index is 2.44. The Kier molecular flexibility index (Phi) is 4.02. The molecule has 0 heterocycles. The van der Waals surface area contributed by atoms with Crippen LogP contribution in [0.3, 0.4) is 0 Å². The molecule has 12 heavy (non-hydrogen) atoms. The molecule has 1 saturated carbocycles. The van der Waals surface area contributed by atoms with E-state index in [0.717, 1.165) is 0 Å². The first-order chi connectivity index (χ1) is 5.83. The Morgan fingerprint density at radius 3 is 1.83 bits per heavy atom. The minimum Gasteiger partial charge on any atom is -0.319 e. The highest BCUT2D eigenvalue weighted by molar-refractivity contribution is 4.85. The van der Waals surface area contributed by atoms with Crippen molar-refractivity contribution in [1.82, 2.24) is 10.6 Å². The maximum absolute atomic E-state index is 3.32. The molecule has 1 aliphatic carbocycles. The van der Waals surface area contributed by atoms with E-state index in [0.29, 0.717) is 5.41 Å². The van der Waals surface area contributed by atoms with Gasteiger partial charge in [-0.3, -0.25) is 0 Å². The van der Waals surface area contributed by atoms with Crippen LogP contribution in [0.1, 0.15) is 32.1 Å². The van der Waals surface area contributed by atoms with E-state index in [9.17, 15) is 0 Å². The molecule has 0 aliphatic heterocycles. The molecule has 0 radical (unpaired) electrons. The van der Waals surface area contributed by atoms with Crippen LogP contribution >= 0.6 is 0 Å². The molecule has 0 aromatic carbocycles. The lowest BCUT2D eigenvalue weighted by Gasteiger charge is -2.37. The molecule has 2 nitrogen and oxygen atoms in total. The van der Waals surface area contributed by atoms with Crippen molar-refractivity contribution in [1.29, 1.82) is 0 Å². The lowest BCUT2D eigenvalue weighted by atomic mass is 9.74. The van der Waals surface area contributed by atoms with Crippen molar-refractivity contribution < 1.29 is 0 Å². The van der Waals surface area contributed by atoms with Crippen LogP contribution in [-0.4, -0.2) is 27.2 Å². The predicted octanol–water partition coefficient (Wildman–Crippen LogP) is 1.38. The molecule has 0 aromatic heterocycles. The van der Waals surface area contributed by atoms with Gasteiger partial charge in [0.15, 0.2) is 0 Å². The van der Waals surface area contributed by atoms with E-state index in [1.807, 2.05) is 0 Å². The molecule has 0 saturated heterocycles. The zero-order valence-corrected chi connectivity index (χ0v) is 8.45. The van der Waals surface area contributed by atoms with Crippen molar-refractivity contribution in [2.45, 2.75) is 32.1 Å². The second-order valence-corrected chi connectivity index (χ2v) is 4.12. The quantitative estimate of drug-likeness (QED) is 0.666. The van der Waals surface area contributed by atoms with E-state index in [-0.39, 0.29) is 0 Å². The summed E-state index contributed by atoms with van der Waals surface area (Å²) >= 11 is 0. The van der Waals surface area contributed by atoms with E-state index in [2.05, 4.69) is 24.7 Å².